The van der Waals surface area contributed by atoms with Gasteiger partial charge < -0.3 is 15.4 Å². The van der Waals surface area contributed by atoms with Gasteiger partial charge in [-0.05, 0) is 43.0 Å². The molecule has 1 aliphatic carbocycles. The van der Waals surface area contributed by atoms with Gasteiger partial charge in [0.15, 0.2) is 5.96 Å². The summed E-state index contributed by atoms with van der Waals surface area (Å²) in [5.74, 6) is 0.713. The van der Waals surface area contributed by atoms with Crippen LogP contribution in [0, 0.1) is 5.41 Å². The van der Waals surface area contributed by atoms with Gasteiger partial charge in [-0.25, -0.2) is 8.42 Å². The van der Waals surface area contributed by atoms with Gasteiger partial charge in [-0.1, -0.05) is 18.9 Å². The summed E-state index contributed by atoms with van der Waals surface area (Å²) in [6.07, 6.45) is 6.03. The maximum absolute atomic E-state index is 12.5. The summed E-state index contributed by atoms with van der Waals surface area (Å²) in [4.78, 5) is 4.28. The number of rotatable bonds is 11. The van der Waals surface area contributed by atoms with Crippen LogP contribution >= 0.6 is 11.3 Å². The fraction of sp³-hybridized carbons (Fsp3) is 0.737. The van der Waals surface area contributed by atoms with Crippen LogP contribution in [0.1, 0.15) is 39.0 Å². The van der Waals surface area contributed by atoms with Gasteiger partial charge in [0, 0.05) is 46.9 Å². The molecule has 0 saturated heterocycles. The monoisotopic (exact) mass is 430 g/mol. The summed E-state index contributed by atoms with van der Waals surface area (Å²) in [6, 6.07) is 3.38. The Labute approximate surface area is 173 Å². The lowest BCUT2D eigenvalue weighted by molar-refractivity contribution is 0.105. The molecule has 0 atom stereocenters. The molecular weight excluding hydrogens is 396 g/mol. The molecule has 0 radical (unpaired) electrons. The second-order valence-electron chi connectivity index (χ2n) is 7.27. The summed E-state index contributed by atoms with van der Waals surface area (Å²) in [7, 11) is -0.0663. The van der Waals surface area contributed by atoms with Gasteiger partial charge in [-0.3, -0.25) is 4.99 Å². The Morgan fingerprint density at radius 2 is 2.11 bits per heavy atom. The van der Waals surface area contributed by atoms with Crippen molar-refractivity contribution in [3.63, 3.8) is 0 Å². The Kier molecular flexibility index (Phi) is 9.20. The predicted octanol–water partition coefficient (Wildman–Crippen LogP) is 2.52. The van der Waals surface area contributed by atoms with E-state index in [1.165, 1.54) is 41.3 Å². The van der Waals surface area contributed by atoms with Crippen LogP contribution in [0.25, 0.3) is 0 Å². The lowest BCUT2D eigenvalue weighted by Gasteiger charge is -2.30. The zero-order valence-electron chi connectivity index (χ0n) is 17.2. The van der Waals surface area contributed by atoms with Crippen molar-refractivity contribution < 1.29 is 13.2 Å². The summed E-state index contributed by atoms with van der Waals surface area (Å²) in [6.45, 7) is 5.32. The molecule has 1 aliphatic rings. The van der Waals surface area contributed by atoms with E-state index in [0.29, 0.717) is 23.3 Å². The number of likely N-dealkylation sites (N-methyl/N-ethyl adjacent to an activating group) is 1. The minimum Gasteiger partial charge on any atom is -0.382 e. The van der Waals surface area contributed by atoms with Crippen molar-refractivity contribution in [1.29, 1.82) is 0 Å². The Balaban J connectivity index is 1.79. The molecule has 1 saturated carbocycles. The predicted molar refractivity (Wildman–Crippen MR) is 116 cm³/mol. The first kappa shape index (κ1) is 23.1. The van der Waals surface area contributed by atoms with Crippen LogP contribution in [-0.4, -0.2) is 65.6 Å². The van der Waals surface area contributed by atoms with Crippen molar-refractivity contribution in [3.8, 4) is 0 Å². The number of nitrogens with one attached hydrogen (secondary N) is 2. The van der Waals surface area contributed by atoms with Crippen molar-refractivity contribution >= 4 is 27.3 Å². The number of sulfonamides is 1. The molecule has 0 aromatic carbocycles. The molecule has 1 fully saturated rings. The van der Waals surface area contributed by atoms with E-state index in [0.717, 1.165) is 26.2 Å². The molecule has 160 valence electrons. The summed E-state index contributed by atoms with van der Waals surface area (Å²) in [5, 5.41) is 8.44. The van der Waals surface area contributed by atoms with Crippen molar-refractivity contribution in [2.75, 3.05) is 46.9 Å². The van der Waals surface area contributed by atoms with Gasteiger partial charge in [0.1, 0.15) is 4.21 Å². The smallest absolute Gasteiger partial charge is 0.252 e. The fourth-order valence-corrected chi connectivity index (χ4v) is 5.95. The summed E-state index contributed by atoms with van der Waals surface area (Å²) >= 11 is 1.24. The molecule has 9 heteroatoms. The van der Waals surface area contributed by atoms with Gasteiger partial charge in [0.05, 0.1) is 0 Å². The van der Waals surface area contributed by atoms with E-state index in [9.17, 15) is 8.42 Å². The topological polar surface area (TPSA) is 83.0 Å². The van der Waals surface area contributed by atoms with Crippen LogP contribution in [0.2, 0.25) is 0 Å². The molecule has 0 amide bonds. The van der Waals surface area contributed by atoms with Gasteiger partial charge in [0.2, 0.25) is 0 Å². The molecule has 1 heterocycles. The highest BCUT2D eigenvalue weighted by molar-refractivity contribution is 7.91. The minimum atomic E-state index is -3.41. The zero-order valence-corrected chi connectivity index (χ0v) is 18.9. The van der Waals surface area contributed by atoms with Crippen LogP contribution in [0.3, 0.4) is 0 Å². The van der Waals surface area contributed by atoms with Crippen LogP contribution in [0.5, 0.6) is 0 Å². The second kappa shape index (κ2) is 11.1. The van der Waals surface area contributed by atoms with E-state index in [2.05, 4.69) is 15.6 Å². The minimum absolute atomic E-state index is 0.270. The molecule has 0 spiro atoms. The standard InChI is InChI=1S/C19H34N4O3S2/c1-4-26-14-11-19(9-5-6-10-19)16-22-18(20-2)21-12-13-23(3)28(24,25)17-8-7-15-27-17/h7-8,15H,4-6,9-14,16H2,1-3H3,(H2,20,21,22). The Morgan fingerprint density at radius 1 is 1.36 bits per heavy atom. The molecule has 0 unspecified atom stereocenters. The van der Waals surface area contributed by atoms with Gasteiger partial charge in [0.25, 0.3) is 10.0 Å². The molecule has 7 nitrogen and oxygen atoms in total. The van der Waals surface area contributed by atoms with Crippen molar-refractivity contribution in [2.24, 2.45) is 10.4 Å². The first-order valence-electron chi connectivity index (χ1n) is 9.96. The number of hydrogen-bond donors (Lipinski definition) is 2. The van der Waals surface area contributed by atoms with Crippen LogP contribution in [-0.2, 0) is 14.8 Å². The average Bonchev–Trinajstić information content (AvgIpc) is 3.37. The Hall–Kier alpha value is -1.16. The number of thiophene rings is 1. The quantitative estimate of drug-likeness (QED) is 0.320. The second-order valence-corrected chi connectivity index (χ2v) is 10.5. The lowest BCUT2D eigenvalue weighted by Crippen LogP contribution is -2.45. The number of ether oxygens (including phenoxy) is 1. The highest BCUT2D eigenvalue weighted by Crippen LogP contribution is 2.40. The maximum atomic E-state index is 12.5. The molecule has 28 heavy (non-hydrogen) atoms. The largest absolute Gasteiger partial charge is 0.382 e. The Bertz CT molecular complexity index is 699. The normalized spacial score (nSPS) is 17.2. The third kappa shape index (κ3) is 6.43. The average molecular weight is 431 g/mol. The van der Waals surface area contributed by atoms with Gasteiger partial charge >= 0.3 is 0 Å². The lowest BCUT2D eigenvalue weighted by atomic mass is 9.83. The zero-order chi connectivity index (χ0) is 20.5. The summed E-state index contributed by atoms with van der Waals surface area (Å²) in [5.41, 5.74) is 0.270. The van der Waals surface area contributed by atoms with Crippen molar-refractivity contribution in [2.45, 2.75) is 43.2 Å². The van der Waals surface area contributed by atoms with Crippen molar-refractivity contribution in [1.82, 2.24) is 14.9 Å². The highest BCUT2D eigenvalue weighted by atomic mass is 32.2. The number of hydrogen-bond acceptors (Lipinski definition) is 5. The third-order valence-corrected chi connectivity index (χ3v) is 8.61. The van der Waals surface area contributed by atoms with Crippen LogP contribution < -0.4 is 10.6 Å². The molecule has 0 bridgehead atoms. The van der Waals surface area contributed by atoms with Gasteiger partial charge in [-0.2, -0.15) is 4.31 Å². The van der Waals surface area contributed by atoms with Crippen LogP contribution in [0.15, 0.2) is 26.7 Å². The van der Waals surface area contributed by atoms with Crippen molar-refractivity contribution in [3.05, 3.63) is 17.5 Å². The van der Waals surface area contributed by atoms with Crippen LogP contribution in [0.4, 0.5) is 0 Å². The first-order chi connectivity index (χ1) is 13.4. The van der Waals surface area contributed by atoms with E-state index in [4.69, 9.17) is 4.74 Å². The molecular formula is C19H34N4O3S2. The molecule has 2 rings (SSSR count). The number of guanidine groups is 1. The van der Waals surface area contributed by atoms with Gasteiger partial charge in [-0.15, -0.1) is 11.3 Å². The van der Waals surface area contributed by atoms with E-state index < -0.39 is 10.0 Å². The van der Waals surface area contributed by atoms with E-state index in [1.54, 1.807) is 31.6 Å². The van der Waals surface area contributed by atoms with E-state index >= 15 is 0 Å². The third-order valence-electron chi connectivity index (χ3n) is 5.38. The molecule has 1 aromatic rings. The maximum Gasteiger partial charge on any atom is 0.252 e. The SMILES string of the molecule is CCOCCC1(CNC(=NC)NCCN(C)S(=O)(=O)c2cccs2)CCCC1. The number of nitrogens with zero attached hydrogens (tertiary/aromatic N) is 2. The highest BCUT2D eigenvalue weighted by Gasteiger charge is 2.33. The Morgan fingerprint density at radius 3 is 2.71 bits per heavy atom. The first-order valence-corrected chi connectivity index (χ1v) is 12.3. The van der Waals surface area contributed by atoms with E-state index in [1.807, 2.05) is 6.92 Å². The summed E-state index contributed by atoms with van der Waals surface area (Å²) < 4.78 is 32.2. The number of aliphatic imine (C=N–C) groups is 1. The van der Waals surface area contributed by atoms with E-state index in [-0.39, 0.29) is 5.41 Å². The molecule has 1 aromatic heterocycles. The molecule has 0 aliphatic heterocycles. The fourth-order valence-electron chi connectivity index (χ4n) is 3.58. The molecule has 2 N–H and O–H groups in total.